The molecule has 4 aromatic rings. The van der Waals surface area contributed by atoms with Gasteiger partial charge in [0.2, 0.25) is 0 Å². The molecule has 0 atom stereocenters. The van der Waals surface area contributed by atoms with Gasteiger partial charge < -0.3 is 16.4 Å². The number of nitrogens with two attached hydrogens (primary N) is 1. The van der Waals surface area contributed by atoms with Crippen LogP contribution in [0.1, 0.15) is 43.2 Å². The topological polar surface area (TPSA) is 150 Å². The molecule has 0 aliphatic heterocycles. The van der Waals surface area contributed by atoms with Crippen LogP contribution in [-0.4, -0.2) is 27.0 Å². The first-order chi connectivity index (χ1) is 17.4. The SMILES string of the molecule is Cc1cc(CNC(=O)c2cn3c(C(=O)NCc4ccc(C(N)=NN=N)cc4)cccc3n2)ccc1F. The maximum atomic E-state index is 13.5. The summed E-state index contributed by atoms with van der Waals surface area (Å²) in [6.45, 7) is 2.14. The Balaban J connectivity index is 1.43. The summed E-state index contributed by atoms with van der Waals surface area (Å²) in [5, 5.41) is 12.0. The Hall–Kier alpha value is -4.93. The Kier molecular flexibility index (Phi) is 7.10. The summed E-state index contributed by atoms with van der Waals surface area (Å²) in [4.78, 5) is 29.9. The van der Waals surface area contributed by atoms with Gasteiger partial charge in [-0.2, -0.15) is 5.53 Å². The molecule has 0 aliphatic carbocycles. The highest BCUT2D eigenvalue weighted by Gasteiger charge is 2.16. The van der Waals surface area contributed by atoms with Crippen LogP contribution < -0.4 is 16.4 Å². The van der Waals surface area contributed by atoms with Gasteiger partial charge >= 0.3 is 0 Å². The number of amidine groups is 1. The van der Waals surface area contributed by atoms with E-state index in [4.69, 9.17) is 11.3 Å². The van der Waals surface area contributed by atoms with Crippen molar-refractivity contribution in [2.24, 2.45) is 16.1 Å². The molecule has 0 saturated carbocycles. The monoisotopic (exact) mass is 486 g/mol. The number of pyridine rings is 1. The summed E-state index contributed by atoms with van der Waals surface area (Å²) >= 11 is 0. The van der Waals surface area contributed by atoms with Crippen LogP contribution in [0.4, 0.5) is 4.39 Å². The number of nitrogens with one attached hydrogen (secondary N) is 3. The second-order valence-electron chi connectivity index (χ2n) is 8.00. The molecule has 36 heavy (non-hydrogen) atoms. The van der Waals surface area contributed by atoms with Gasteiger partial charge in [0, 0.05) is 24.8 Å². The van der Waals surface area contributed by atoms with Gasteiger partial charge in [-0.1, -0.05) is 47.7 Å². The predicted octanol–water partition coefficient (Wildman–Crippen LogP) is 3.29. The van der Waals surface area contributed by atoms with Gasteiger partial charge in [0.05, 0.1) is 0 Å². The molecule has 0 bridgehead atoms. The summed E-state index contributed by atoms with van der Waals surface area (Å²) < 4.78 is 15.0. The Morgan fingerprint density at radius 1 is 1.03 bits per heavy atom. The van der Waals surface area contributed by atoms with E-state index >= 15 is 0 Å². The van der Waals surface area contributed by atoms with Crippen LogP contribution in [0.5, 0.6) is 0 Å². The molecule has 182 valence electrons. The number of amides is 2. The minimum atomic E-state index is -0.409. The number of nitrogens with zero attached hydrogens (tertiary/aromatic N) is 4. The number of fused-ring (bicyclic) bond motifs is 1. The molecule has 0 spiro atoms. The van der Waals surface area contributed by atoms with Crippen LogP contribution in [0.25, 0.3) is 5.65 Å². The fourth-order valence-electron chi connectivity index (χ4n) is 3.57. The van der Waals surface area contributed by atoms with Crippen molar-refractivity contribution in [3.63, 3.8) is 0 Å². The summed E-state index contributed by atoms with van der Waals surface area (Å²) in [6, 6.07) is 16.7. The third-order valence-electron chi connectivity index (χ3n) is 5.49. The van der Waals surface area contributed by atoms with Crippen molar-refractivity contribution in [2.45, 2.75) is 20.0 Å². The fraction of sp³-hybridized carbons (Fsp3) is 0.120. The maximum Gasteiger partial charge on any atom is 0.271 e. The highest BCUT2D eigenvalue weighted by atomic mass is 19.1. The molecule has 0 unspecified atom stereocenters. The molecular weight excluding hydrogens is 463 g/mol. The highest BCUT2D eigenvalue weighted by Crippen LogP contribution is 2.12. The van der Waals surface area contributed by atoms with Gasteiger partial charge in [-0.15, -0.1) is 5.10 Å². The lowest BCUT2D eigenvalue weighted by atomic mass is 10.1. The zero-order valence-electron chi connectivity index (χ0n) is 19.3. The number of hydrogen-bond acceptors (Lipinski definition) is 5. The molecule has 2 amide bonds. The normalized spacial score (nSPS) is 11.3. The number of halogens is 1. The minimum absolute atomic E-state index is 0.125. The first-order valence-corrected chi connectivity index (χ1v) is 10.9. The average Bonchev–Trinajstić information content (AvgIpc) is 3.33. The van der Waals surface area contributed by atoms with E-state index in [2.05, 4.69) is 25.9 Å². The Morgan fingerprint density at radius 2 is 1.72 bits per heavy atom. The van der Waals surface area contributed by atoms with Crippen molar-refractivity contribution in [1.29, 1.82) is 5.53 Å². The number of rotatable bonds is 8. The van der Waals surface area contributed by atoms with Gasteiger partial charge in [-0.25, -0.2) is 9.37 Å². The van der Waals surface area contributed by atoms with Gasteiger partial charge in [0.15, 0.2) is 5.84 Å². The molecule has 0 fully saturated rings. The molecule has 5 N–H and O–H groups in total. The maximum absolute atomic E-state index is 13.5. The van der Waals surface area contributed by atoms with E-state index in [1.54, 1.807) is 65.9 Å². The molecule has 0 saturated heterocycles. The lowest BCUT2D eigenvalue weighted by Crippen LogP contribution is -2.25. The first kappa shape index (κ1) is 24.2. The van der Waals surface area contributed by atoms with Gasteiger partial charge in [0.25, 0.3) is 11.8 Å². The first-order valence-electron chi connectivity index (χ1n) is 10.9. The van der Waals surface area contributed by atoms with E-state index in [0.29, 0.717) is 22.5 Å². The molecule has 2 heterocycles. The molecule has 0 aliphatic rings. The van der Waals surface area contributed by atoms with Crippen molar-refractivity contribution in [3.05, 3.63) is 106 Å². The van der Waals surface area contributed by atoms with Crippen LogP contribution >= 0.6 is 0 Å². The van der Waals surface area contributed by atoms with E-state index in [-0.39, 0.29) is 36.3 Å². The van der Waals surface area contributed by atoms with Crippen LogP contribution in [0.3, 0.4) is 0 Å². The lowest BCUT2D eigenvalue weighted by Gasteiger charge is -2.08. The second-order valence-corrected chi connectivity index (χ2v) is 8.00. The molecule has 10 nitrogen and oxygen atoms in total. The molecular formula is C25H23FN8O2. The summed E-state index contributed by atoms with van der Waals surface area (Å²) in [7, 11) is 0. The van der Waals surface area contributed by atoms with Crippen LogP contribution in [0.2, 0.25) is 0 Å². The quantitative estimate of drug-likeness (QED) is 0.131. The third kappa shape index (κ3) is 5.41. The number of imidazole rings is 1. The van der Waals surface area contributed by atoms with E-state index in [1.807, 2.05) is 0 Å². The number of hydrogen-bond donors (Lipinski definition) is 4. The smallest absolute Gasteiger partial charge is 0.271 e. The number of carbonyl (C=O) groups excluding carboxylic acids is 2. The molecule has 0 radical (unpaired) electrons. The number of aryl methyl sites for hydroxylation is 1. The van der Waals surface area contributed by atoms with E-state index < -0.39 is 5.91 Å². The van der Waals surface area contributed by atoms with Crippen molar-refractivity contribution in [2.75, 3.05) is 0 Å². The van der Waals surface area contributed by atoms with Gasteiger partial charge in [0.1, 0.15) is 22.9 Å². The van der Waals surface area contributed by atoms with Crippen molar-refractivity contribution < 1.29 is 14.0 Å². The van der Waals surface area contributed by atoms with Crippen molar-refractivity contribution in [1.82, 2.24) is 20.0 Å². The van der Waals surface area contributed by atoms with E-state index in [9.17, 15) is 14.0 Å². The molecule has 11 heteroatoms. The number of carbonyl (C=O) groups is 2. The van der Waals surface area contributed by atoms with Gasteiger partial charge in [-0.3, -0.25) is 14.0 Å². The zero-order chi connectivity index (χ0) is 25.7. The van der Waals surface area contributed by atoms with Crippen molar-refractivity contribution >= 4 is 23.3 Å². The standard InChI is InChI=1S/C25H23FN8O2/c1-15-11-17(7-10-19(15)26)13-29-24(35)20-14-34-21(3-2-4-22(34)31-20)25(36)30-12-16-5-8-18(9-6-16)23(27)32-33-28/h2-11,14H,12-13H2,1H3,(H,29,35)(H,30,36)(H3,27,28,32). The van der Waals surface area contributed by atoms with Crippen LogP contribution in [-0.2, 0) is 13.1 Å². The van der Waals surface area contributed by atoms with Gasteiger partial charge in [-0.05, 0) is 41.8 Å². The molecule has 4 rings (SSSR count). The zero-order valence-corrected chi connectivity index (χ0v) is 19.3. The van der Waals surface area contributed by atoms with Crippen molar-refractivity contribution in [3.8, 4) is 0 Å². The minimum Gasteiger partial charge on any atom is -0.382 e. The lowest BCUT2D eigenvalue weighted by molar-refractivity contribution is 0.0935. The Bertz CT molecular complexity index is 1480. The summed E-state index contributed by atoms with van der Waals surface area (Å²) in [5.41, 5.74) is 16.1. The Morgan fingerprint density at radius 3 is 2.44 bits per heavy atom. The summed E-state index contributed by atoms with van der Waals surface area (Å²) in [5.74, 6) is -0.929. The van der Waals surface area contributed by atoms with E-state index in [0.717, 1.165) is 11.1 Å². The molecule has 2 aromatic heterocycles. The summed E-state index contributed by atoms with van der Waals surface area (Å²) in [6.07, 6.45) is 1.50. The van der Waals surface area contributed by atoms with E-state index in [1.165, 1.54) is 12.3 Å². The predicted molar refractivity (Wildman–Crippen MR) is 131 cm³/mol. The molecule has 2 aromatic carbocycles. The average molecular weight is 487 g/mol. The fourth-order valence-corrected chi connectivity index (χ4v) is 3.57. The largest absolute Gasteiger partial charge is 0.382 e. The number of benzene rings is 2. The Labute approximate surface area is 205 Å². The van der Waals surface area contributed by atoms with Crippen LogP contribution in [0.15, 0.2) is 77.2 Å². The van der Waals surface area contributed by atoms with Crippen LogP contribution in [0, 0.1) is 18.3 Å². The highest BCUT2D eigenvalue weighted by molar-refractivity contribution is 5.97. The second kappa shape index (κ2) is 10.6. The number of aromatic nitrogens is 2. The third-order valence-corrected chi connectivity index (χ3v) is 5.49.